The minimum Gasteiger partial charge on any atom is -0.489 e. The van der Waals surface area contributed by atoms with E-state index in [1.165, 1.54) is 11.8 Å². The van der Waals surface area contributed by atoms with E-state index in [0.29, 0.717) is 17.3 Å². The Morgan fingerprint density at radius 3 is 2.81 bits per heavy atom. The molecular formula is C24H22ClN3O3S. The zero-order chi connectivity index (χ0) is 22.5. The summed E-state index contributed by atoms with van der Waals surface area (Å²) in [5.74, 6) is 0.368. The standard InChI is InChI=1S/C24H22ClN3O3S/c1-15(17-4-7-19(8-5-17)31-14-16-3-2-10-26-13-16)27-23(29)12-22-24(30)28-20-11-18(25)6-9-21(20)32-22/h2-11,13,15,22H,12,14H2,1H3,(H,27,29)(H,28,30). The molecule has 1 aromatic heterocycles. The van der Waals surface area contributed by atoms with Crippen molar-refractivity contribution in [2.24, 2.45) is 0 Å². The maximum absolute atomic E-state index is 12.6. The molecule has 1 aliphatic heterocycles. The Morgan fingerprint density at radius 1 is 1.25 bits per heavy atom. The lowest BCUT2D eigenvalue weighted by Crippen LogP contribution is -2.35. The Hall–Kier alpha value is -3.03. The molecule has 8 heteroatoms. The highest BCUT2D eigenvalue weighted by Gasteiger charge is 2.29. The van der Waals surface area contributed by atoms with Gasteiger partial charge in [-0.3, -0.25) is 14.6 Å². The lowest BCUT2D eigenvalue weighted by Gasteiger charge is -2.24. The smallest absolute Gasteiger partial charge is 0.238 e. The van der Waals surface area contributed by atoms with Gasteiger partial charge in [0.1, 0.15) is 12.4 Å². The molecule has 2 unspecified atom stereocenters. The molecule has 0 bridgehead atoms. The number of nitrogens with one attached hydrogen (secondary N) is 2. The molecule has 6 nitrogen and oxygen atoms in total. The summed E-state index contributed by atoms with van der Waals surface area (Å²) in [6.45, 7) is 2.35. The third-order valence-electron chi connectivity index (χ3n) is 5.02. The minimum absolute atomic E-state index is 0.0925. The van der Waals surface area contributed by atoms with Gasteiger partial charge in [-0.2, -0.15) is 0 Å². The topological polar surface area (TPSA) is 80.3 Å². The zero-order valence-corrected chi connectivity index (χ0v) is 19.0. The van der Waals surface area contributed by atoms with Crippen LogP contribution in [0.2, 0.25) is 5.02 Å². The second kappa shape index (κ2) is 10.1. The number of nitrogens with zero attached hydrogens (tertiary/aromatic N) is 1. The molecule has 0 fully saturated rings. The predicted molar refractivity (Wildman–Crippen MR) is 126 cm³/mol. The number of ether oxygens (including phenoxy) is 1. The van der Waals surface area contributed by atoms with Crippen LogP contribution in [-0.4, -0.2) is 22.0 Å². The molecule has 2 heterocycles. The number of hydrogen-bond acceptors (Lipinski definition) is 5. The number of carbonyl (C=O) groups excluding carboxylic acids is 2. The van der Waals surface area contributed by atoms with Crippen molar-refractivity contribution in [1.82, 2.24) is 10.3 Å². The van der Waals surface area contributed by atoms with Gasteiger partial charge in [0.2, 0.25) is 11.8 Å². The van der Waals surface area contributed by atoms with Crippen LogP contribution >= 0.6 is 23.4 Å². The van der Waals surface area contributed by atoms with E-state index >= 15 is 0 Å². The summed E-state index contributed by atoms with van der Waals surface area (Å²) >= 11 is 7.36. The van der Waals surface area contributed by atoms with Crippen molar-refractivity contribution < 1.29 is 14.3 Å². The van der Waals surface area contributed by atoms with Gasteiger partial charge >= 0.3 is 0 Å². The van der Waals surface area contributed by atoms with Gasteiger partial charge in [-0.1, -0.05) is 29.8 Å². The summed E-state index contributed by atoms with van der Waals surface area (Å²) in [5.41, 5.74) is 2.63. The van der Waals surface area contributed by atoms with Crippen molar-refractivity contribution in [2.75, 3.05) is 5.32 Å². The van der Waals surface area contributed by atoms with Gasteiger partial charge in [0, 0.05) is 34.3 Å². The number of thioether (sulfide) groups is 1. The van der Waals surface area contributed by atoms with Crippen molar-refractivity contribution in [3.63, 3.8) is 0 Å². The van der Waals surface area contributed by atoms with E-state index in [1.54, 1.807) is 24.5 Å². The summed E-state index contributed by atoms with van der Waals surface area (Å²) in [6, 6.07) is 16.6. The van der Waals surface area contributed by atoms with E-state index in [0.717, 1.165) is 21.8 Å². The number of benzene rings is 2. The highest BCUT2D eigenvalue weighted by molar-refractivity contribution is 8.01. The van der Waals surface area contributed by atoms with Gasteiger partial charge in [0.05, 0.1) is 17.0 Å². The van der Waals surface area contributed by atoms with E-state index in [-0.39, 0.29) is 24.3 Å². The van der Waals surface area contributed by atoms with E-state index in [2.05, 4.69) is 15.6 Å². The molecule has 0 radical (unpaired) electrons. The van der Waals surface area contributed by atoms with Crippen LogP contribution in [0.3, 0.4) is 0 Å². The Balaban J connectivity index is 1.29. The summed E-state index contributed by atoms with van der Waals surface area (Å²) in [4.78, 5) is 29.9. The molecule has 32 heavy (non-hydrogen) atoms. The van der Waals surface area contributed by atoms with Gasteiger partial charge in [-0.05, 0) is 48.9 Å². The number of carbonyl (C=O) groups is 2. The van der Waals surface area contributed by atoms with Crippen LogP contribution in [0.25, 0.3) is 0 Å². The third-order valence-corrected chi connectivity index (χ3v) is 6.53. The fraction of sp³-hybridized carbons (Fsp3) is 0.208. The summed E-state index contributed by atoms with van der Waals surface area (Å²) < 4.78 is 5.77. The van der Waals surface area contributed by atoms with Crippen LogP contribution < -0.4 is 15.4 Å². The molecule has 2 aromatic carbocycles. The van der Waals surface area contributed by atoms with Gasteiger partial charge < -0.3 is 15.4 Å². The Labute approximate surface area is 195 Å². The molecule has 0 saturated heterocycles. The number of pyridine rings is 1. The first-order chi connectivity index (χ1) is 15.5. The molecule has 0 aliphatic carbocycles. The zero-order valence-electron chi connectivity index (χ0n) is 17.4. The van der Waals surface area contributed by atoms with Crippen molar-refractivity contribution >= 4 is 40.9 Å². The van der Waals surface area contributed by atoms with Crippen LogP contribution in [0.5, 0.6) is 5.75 Å². The Kier molecular flexibility index (Phi) is 6.97. The molecule has 1 aliphatic rings. The molecule has 4 rings (SSSR count). The third kappa shape index (κ3) is 5.60. The van der Waals surface area contributed by atoms with E-state index in [9.17, 15) is 9.59 Å². The molecule has 2 amide bonds. The fourth-order valence-electron chi connectivity index (χ4n) is 3.31. The van der Waals surface area contributed by atoms with Gasteiger partial charge in [-0.25, -0.2) is 0 Å². The van der Waals surface area contributed by atoms with Crippen LogP contribution in [0.4, 0.5) is 5.69 Å². The number of amides is 2. The number of hydrogen-bond donors (Lipinski definition) is 2. The lowest BCUT2D eigenvalue weighted by atomic mass is 10.1. The molecule has 0 spiro atoms. The van der Waals surface area contributed by atoms with Gasteiger partial charge in [0.15, 0.2) is 0 Å². The quantitative estimate of drug-likeness (QED) is 0.511. The van der Waals surface area contributed by atoms with Crippen LogP contribution in [0, 0.1) is 0 Å². The summed E-state index contributed by atoms with van der Waals surface area (Å²) in [5, 5.41) is 5.87. The van der Waals surface area contributed by atoms with Crippen LogP contribution in [0.1, 0.15) is 30.5 Å². The van der Waals surface area contributed by atoms with E-state index < -0.39 is 5.25 Å². The molecule has 2 N–H and O–H groups in total. The van der Waals surface area contributed by atoms with E-state index in [4.69, 9.17) is 16.3 Å². The summed E-state index contributed by atoms with van der Waals surface area (Å²) in [7, 11) is 0. The predicted octanol–water partition coefficient (Wildman–Crippen LogP) is 4.99. The van der Waals surface area contributed by atoms with Crippen molar-refractivity contribution in [1.29, 1.82) is 0 Å². The first kappa shape index (κ1) is 22.2. The first-order valence-electron chi connectivity index (χ1n) is 10.2. The van der Waals surface area contributed by atoms with Crippen LogP contribution in [0.15, 0.2) is 71.9 Å². The first-order valence-corrected chi connectivity index (χ1v) is 11.4. The highest BCUT2D eigenvalue weighted by Crippen LogP contribution is 2.38. The number of anilines is 1. The monoisotopic (exact) mass is 467 g/mol. The number of aromatic nitrogens is 1. The normalized spacial score (nSPS) is 15.9. The Bertz CT molecular complexity index is 1110. The maximum atomic E-state index is 12.6. The SMILES string of the molecule is CC(NC(=O)CC1Sc2ccc(Cl)cc2NC1=O)c1ccc(OCc2cccnc2)cc1. The number of fused-ring (bicyclic) bond motifs is 1. The molecule has 0 saturated carbocycles. The van der Waals surface area contributed by atoms with Gasteiger partial charge in [0.25, 0.3) is 0 Å². The number of rotatable bonds is 7. The fourth-order valence-corrected chi connectivity index (χ4v) is 4.57. The van der Waals surface area contributed by atoms with Crippen molar-refractivity contribution in [2.45, 2.75) is 36.1 Å². The maximum Gasteiger partial charge on any atom is 0.238 e. The molecule has 2 atom stereocenters. The highest BCUT2D eigenvalue weighted by atomic mass is 35.5. The average molecular weight is 468 g/mol. The minimum atomic E-state index is -0.487. The lowest BCUT2D eigenvalue weighted by molar-refractivity contribution is -0.124. The Morgan fingerprint density at radius 2 is 2.06 bits per heavy atom. The average Bonchev–Trinajstić information content (AvgIpc) is 2.79. The van der Waals surface area contributed by atoms with E-state index in [1.807, 2.05) is 49.4 Å². The molecular weight excluding hydrogens is 446 g/mol. The largest absolute Gasteiger partial charge is 0.489 e. The summed E-state index contributed by atoms with van der Waals surface area (Å²) in [6.07, 6.45) is 3.59. The van der Waals surface area contributed by atoms with Crippen molar-refractivity contribution in [3.05, 3.63) is 83.1 Å². The second-order valence-electron chi connectivity index (χ2n) is 7.45. The van der Waals surface area contributed by atoms with Gasteiger partial charge in [-0.15, -0.1) is 11.8 Å². The molecule has 3 aromatic rings. The second-order valence-corrected chi connectivity index (χ2v) is 9.13. The number of halogens is 1. The van der Waals surface area contributed by atoms with Crippen molar-refractivity contribution in [3.8, 4) is 5.75 Å². The van der Waals surface area contributed by atoms with Crippen LogP contribution in [-0.2, 0) is 16.2 Å². The molecule has 164 valence electrons.